The summed E-state index contributed by atoms with van der Waals surface area (Å²) < 4.78 is 0. The lowest BCUT2D eigenvalue weighted by Gasteiger charge is -2.36. The fraction of sp³-hybridized carbons (Fsp3) is 0.409. The lowest BCUT2D eigenvalue weighted by atomic mass is 10.1. The first-order valence-corrected chi connectivity index (χ1v) is 9.66. The van der Waals surface area contributed by atoms with Gasteiger partial charge in [-0.25, -0.2) is 0 Å². The van der Waals surface area contributed by atoms with Crippen LogP contribution in [-0.4, -0.2) is 50.1 Å². The minimum atomic E-state index is 0.0292. The van der Waals surface area contributed by atoms with E-state index in [9.17, 15) is 4.79 Å². The highest BCUT2D eigenvalue weighted by atomic mass is 16.1. The van der Waals surface area contributed by atoms with Crippen LogP contribution in [-0.2, 0) is 6.42 Å². The maximum atomic E-state index is 12.2. The van der Waals surface area contributed by atoms with Gasteiger partial charge in [0.2, 0.25) is 0 Å². The van der Waals surface area contributed by atoms with Crippen molar-refractivity contribution >= 4 is 11.6 Å². The van der Waals surface area contributed by atoms with Gasteiger partial charge in [-0.15, -0.1) is 0 Å². The third kappa shape index (κ3) is 5.09. The van der Waals surface area contributed by atoms with Gasteiger partial charge in [0.25, 0.3) is 5.91 Å². The number of benzene rings is 2. The zero-order valence-electron chi connectivity index (χ0n) is 15.7. The van der Waals surface area contributed by atoms with E-state index in [-0.39, 0.29) is 5.91 Å². The van der Waals surface area contributed by atoms with Crippen molar-refractivity contribution in [2.24, 2.45) is 0 Å². The number of hydrogen-bond donors (Lipinski definition) is 1. The van der Waals surface area contributed by atoms with Gasteiger partial charge >= 0.3 is 0 Å². The minimum absolute atomic E-state index is 0.0292. The van der Waals surface area contributed by atoms with Gasteiger partial charge in [-0.1, -0.05) is 37.3 Å². The third-order valence-corrected chi connectivity index (χ3v) is 5.05. The van der Waals surface area contributed by atoms with Crippen molar-refractivity contribution in [2.45, 2.75) is 19.8 Å². The molecule has 0 aliphatic carbocycles. The Kier molecular flexibility index (Phi) is 6.67. The summed E-state index contributed by atoms with van der Waals surface area (Å²) in [5.41, 5.74) is 3.32. The average molecular weight is 351 g/mol. The van der Waals surface area contributed by atoms with E-state index in [1.807, 2.05) is 24.3 Å². The van der Waals surface area contributed by atoms with Crippen LogP contribution in [0.15, 0.2) is 54.6 Å². The minimum Gasteiger partial charge on any atom is -0.369 e. The molecular formula is C22H29N3O. The standard InChI is InChI=1S/C22H29N3O/c1-2-19-9-11-20(12-10-19)22(26)23-13-6-14-24-15-17-25(18-16-24)21-7-4-3-5-8-21/h3-5,7-12H,2,6,13-18H2,1H3,(H,23,26). The second kappa shape index (κ2) is 9.39. The molecular weight excluding hydrogens is 322 g/mol. The summed E-state index contributed by atoms with van der Waals surface area (Å²) in [7, 11) is 0. The Labute approximate surface area is 156 Å². The predicted octanol–water partition coefficient (Wildman–Crippen LogP) is 3.19. The van der Waals surface area contributed by atoms with Crippen LogP contribution in [0, 0.1) is 0 Å². The number of para-hydroxylation sites is 1. The Morgan fingerprint density at radius 2 is 1.65 bits per heavy atom. The highest BCUT2D eigenvalue weighted by Gasteiger charge is 2.16. The molecule has 0 bridgehead atoms. The van der Waals surface area contributed by atoms with E-state index in [1.54, 1.807) is 0 Å². The summed E-state index contributed by atoms with van der Waals surface area (Å²) in [6.07, 6.45) is 1.99. The number of carbonyl (C=O) groups is 1. The van der Waals surface area contributed by atoms with Crippen LogP contribution in [0.2, 0.25) is 0 Å². The number of carbonyl (C=O) groups excluding carboxylic acids is 1. The molecule has 0 saturated carbocycles. The van der Waals surface area contributed by atoms with Crippen LogP contribution in [0.4, 0.5) is 5.69 Å². The molecule has 0 unspecified atom stereocenters. The third-order valence-electron chi connectivity index (χ3n) is 5.05. The van der Waals surface area contributed by atoms with Gasteiger partial charge in [0.05, 0.1) is 0 Å². The zero-order valence-corrected chi connectivity index (χ0v) is 15.7. The van der Waals surface area contributed by atoms with E-state index < -0.39 is 0 Å². The molecule has 1 fully saturated rings. The maximum Gasteiger partial charge on any atom is 0.251 e. The van der Waals surface area contributed by atoms with Gasteiger partial charge in [0.1, 0.15) is 0 Å². The van der Waals surface area contributed by atoms with Gasteiger partial charge in [-0.2, -0.15) is 0 Å². The highest BCUT2D eigenvalue weighted by Crippen LogP contribution is 2.15. The van der Waals surface area contributed by atoms with Crippen LogP contribution >= 0.6 is 0 Å². The van der Waals surface area contributed by atoms with Gasteiger partial charge < -0.3 is 10.2 Å². The molecule has 4 nitrogen and oxygen atoms in total. The second-order valence-electron chi connectivity index (χ2n) is 6.82. The van der Waals surface area contributed by atoms with E-state index in [4.69, 9.17) is 0 Å². The quantitative estimate of drug-likeness (QED) is 0.778. The number of nitrogens with one attached hydrogen (secondary N) is 1. The van der Waals surface area contributed by atoms with Crippen LogP contribution in [0.25, 0.3) is 0 Å². The molecule has 1 heterocycles. The highest BCUT2D eigenvalue weighted by molar-refractivity contribution is 5.94. The van der Waals surface area contributed by atoms with Crippen LogP contribution in [0.3, 0.4) is 0 Å². The molecule has 4 heteroatoms. The van der Waals surface area contributed by atoms with Crippen molar-refractivity contribution in [1.29, 1.82) is 0 Å². The van der Waals surface area contributed by atoms with Crippen molar-refractivity contribution < 1.29 is 4.79 Å². The Hall–Kier alpha value is -2.33. The number of piperazine rings is 1. The lowest BCUT2D eigenvalue weighted by Crippen LogP contribution is -2.47. The predicted molar refractivity (Wildman–Crippen MR) is 108 cm³/mol. The molecule has 1 aliphatic heterocycles. The van der Waals surface area contributed by atoms with E-state index in [0.717, 1.165) is 57.7 Å². The molecule has 2 aromatic rings. The SMILES string of the molecule is CCc1ccc(C(=O)NCCCN2CCN(c3ccccc3)CC2)cc1. The van der Waals surface area contributed by atoms with Gasteiger partial charge in [0.15, 0.2) is 0 Å². The first kappa shape index (κ1) is 18.5. The number of aryl methyl sites for hydroxylation is 1. The van der Waals surface area contributed by atoms with E-state index in [2.05, 4.69) is 52.4 Å². The Bertz CT molecular complexity index is 676. The summed E-state index contributed by atoms with van der Waals surface area (Å²) in [6, 6.07) is 18.5. The van der Waals surface area contributed by atoms with Crippen molar-refractivity contribution in [2.75, 3.05) is 44.2 Å². The largest absolute Gasteiger partial charge is 0.369 e. The molecule has 0 radical (unpaired) electrons. The summed E-state index contributed by atoms with van der Waals surface area (Å²) in [4.78, 5) is 17.1. The van der Waals surface area contributed by atoms with Gasteiger partial charge in [0, 0.05) is 44.0 Å². The summed E-state index contributed by atoms with van der Waals surface area (Å²) in [6.45, 7) is 8.20. The number of rotatable bonds is 7. The van der Waals surface area contributed by atoms with E-state index in [0.29, 0.717) is 0 Å². The fourth-order valence-corrected chi connectivity index (χ4v) is 3.37. The van der Waals surface area contributed by atoms with Crippen molar-refractivity contribution in [3.8, 4) is 0 Å². The monoisotopic (exact) mass is 351 g/mol. The molecule has 3 rings (SSSR count). The van der Waals surface area contributed by atoms with Gasteiger partial charge in [-0.3, -0.25) is 9.69 Å². The molecule has 1 amide bonds. The summed E-state index contributed by atoms with van der Waals surface area (Å²) in [5, 5.41) is 3.03. The molecule has 2 aromatic carbocycles. The van der Waals surface area contributed by atoms with E-state index in [1.165, 1.54) is 11.3 Å². The van der Waals surface area contributed by atoms with Crippen molar-refractivity contribution in [3.63, 3.8) is 0 Å². The van der Waals surface area contributed by atoms with Crippen molar-refractivity contribution in [1.82, 2.24) is 10.2 Å². The van der Waals surface area contributed by atoms with Crippen LogP contribution in [0.1, 0.15) is 29.3 Å². The number of hydrogen-bond acceptors (Lipinski definition) is 3. The Balaban J connectivity index is 1.33. The Morgan fingerprint density at radius 1 is 0.962 bits per heavy atom. The Morgan fingerprint density at radius 3 is 2.31 bits per heavy atom. The number of amides is 1. The van der Waals surface area contributed by atoms with Crippen LogP contribution < -0.4 is 10.2 Å². The van der Waals surface area contributed by atoms with Crippen molar-refractivity contribution in [3.05, 3.63) is 65.7 Å². The zero-order chi connectivity index (χ0) is 18.2. The number of anilines is 1. The molecule has 0 atom stereocenters. The smallest absolute Gasteiger partial charge is 0.251 e. The van der Waals surface area contributed by atoms with E-state index >= 15 is 0 Å². The molecule has 26 heavy (non-hydrogen) atoms. The molecule has 1 aliphatic rings. The molecule has 0 spiro atoms. The first-order chi connectivity index (χ1) is 12.8. The topological polar surface area (TPSA) is 35.6 Å². The molecule has 1 saturated heterocycles. The molecule has 1 N–H and O–H groups in total. The normalized spacial score (nSPS) is 15.0. The van der Waals surface area contributed by atoms with Gasteiger partial charge in [-0.05, 0) is 49.2 Å². The maximum absolute atomic E-state index is 12.2. The number of nitrogens with zero attached hydrogens (tertiary/aromatic N) is 2. The summed E-state index contributed by atoms with van der Waals surface area (Å²) in [5.74, 6) is 0.0292. The average Bonchev–Trinajstić information content (AvgIpc) is 2.72. The van der Waals surface area contributed by atoms with Crippen LogP contribution in [0.5, 0.6) is 0 Å². The molecule has 138 valence electrons. The lowest BCUT2D eigenvalue weighted by molar-refractivity contribution is 0.0951. The fourth-order valence-electron chi connectivity index (χ4n) is 3.37. The first-order valence-electron chi connectivity index (χ1n) is 9.66. The second-order valence-corrected chi connectivity index (χ2v) is 6.82. The summed E-state index contributed by atoms with van der Waals surface area (Å²) >= 11 is 0. The molecule has 0 aromatic heterocycles.